The van der Waals surface area contributed by atoms with Crippen LogP contribution in [-0.4, -0.2) is 23.1 Å². The minimum absolute atomic E-state index is 0.142. The lowest BCUT2D eigenvalue weighted by Gasteiger charge is -2.32. The Morgan fingerprint density at radius 3 is 2.74 bits per heavy atom. The maximum atomic E-state index is 9.04. The quantitative estimate of drug-likeness (QED) is 0.821. The van der Waals surface area contributed by atoms with Gasteiger partial charge in [0, 0.05) is 19.3 Å². The first-order valence-corrected chi connectivity index (χ1v) is 8.26. The second kappa shape index (κ2) is 7.41. The minimum Gasteiger partial charge on any atom is -0.352 e. The molecule has 1 aliphatic rings. The van der Waals surface area contributed by atoms with Crippen molar-refractivity contribution in [3.63, 3.8) is 0 Å². The monoisotopic (exact) mass is 310 g/mol. The van der Waals surface area contributed by atoms with Crippen LogP contribution in [0.3, 0.4) is 0 Å². The lowest BCUT2D eigenvalue weighted by molar-refractivity contribution is 0.412. The summed E-state index contributed by atoms with van der Waals surface area (Å²) in [7, 11) is 0. The Labute approximate surface area is 139 Å². The van der Waals surface area contributed by atoms with Gasteiger partial charge in [0.05, 0.1) is 0 Å². The van der Waals surface area contributed by atoms with Gasteiger partial charge < -0.3 is 4.90 Å². The molecule has 1 aromatic heterocycles. The Hall–Kier alpha value is -2.15. The molecule has 1 heterocycles. The molecule has 0 spiro atoms. The van der Waals surface area contributed by atoms with E-state index >= 15 is 0 Å². The van der Waals surface area contributed by atoms with Crippen LogP contribution in [0.5, 0.6) is 0 Å². The SMILES string of the molecule is CCC1C=CC(CN(CC(C)(C)C)c2ccnc(C#N)n2)=CC1. The maximum absolute atomic E-state index is 9.04. The molecule has 0 aliphatic heterocycles. The molecule has 4 heteroatoms. The van der Waals surface area contributed by atoms with Crippen molar-refractivity contribution < 1.29 is 0 Å². The van der Waals surface area contributed by atoms with Gasteiger partial charge in [-0.25, -0.2) is 9.97 Å². The standard InChI is InChI=1S/C19H26N4/c1-5-15-6-8-16(9-7-15)13-23(14-19(2,3)4)18-10-11-21-17(12-20)22-18/h6,8-11,15H,5,7,13-14H2,1-4H3. The number of allylic oxidation sites excluding steroid dienone is 2. The summed E-state index contributed by atoms with van der Waals surface area (Å²) in [5.74, 6) is 1.71. The molecule has 0 amide bonds. The first kappa shape index (κ1) is 17.2. The third-order valence-electron chi connectivity index (χ3n) is 3.89. The fourth-order valence-corrected chi connectivity index (χ4v) is 2.72. The van der Waals surface area contributed by atoms with Crippen LogP contribution in [0.2, 0.25) is 0 Å². The molecule has 0 bridgehead atoms. The summed E-state index contributed by atoms with van der Waals surface area (Å²) in [5.41, 5.74) is 1.46. The molecular weight excluding hydrogens is 284 g/mol. The van der Waals surface area contributed by atoms with Crippen molar-refractivity contribution in [2.24, 2.45) is 11.3 Å². The molecular formula is C19H26N4. The van der Waals surface area contributed by atoms with Crippen LogP contribution in [0.25, 0.3) is 0 Å². The molecule has 0 radical (unpaired) electrons. The predicted octanol–water partition coefficient (Wildman–Crippen LogP) is 4.11. The molecule has 0 saturated heterocycles. The van der Waals surface area contributed by atoms with Crippen molar-refractivity contribution in [2.45, 2.75) is 40.5 Å². The Bertz CT molecular complexity index is 632. The Morgan fingerprint density at radius 2 is 2.17 bits per heavy atom. The zero-order chi connectivity index (χ0) is 16.9. The molecule has 0 fully saturated rings. The van der Waals surface area contributed by atoms with E-state index < -0.39 is 0 Å². The second-order valence-electron chi connectivity index (χ2n) is 7.31. The summed E-state index contributed by atoms with van der Waals surface area (Å²) in [6, 6.07) is 3.91. The normalized spacial score (nSPS) is 17.5. The van der Waals surface area contributed by atoms with Crippen LogP contribution < -0.4 is 4.90 Å². The molecule has 23 heavy (non-hydrogen) atoms. The molecule has 1 atom stereocenters. The summed E-state index contributed by atoms with van der Waals surface area (Å²) >= 11 is 0. The summed E-state index contributed by atoms with van der Waals surface area (Å²) in [5, 5.41) is 9.04. The third-order valence-corrected chi connectivity index (χ3v) is 3.89. The molecule has 1 aliphatic carbocycles. The minimum atomic E-state index is 0.142. The van der Waals surface area contributed by atoms with E-state index in [0.29, 0.717) is 5.92 Å². The van der Waals surface area contributed by atoms with Crippen LogP contribution in [0.15, 0.2) is 36.1 Å². The van der Waals surface area contributed by atoms with E-state index in [-0.39, 0.29) is 11.2 Å². The lowest BCUT2D eigenvalue weighted by atomic mass is 9.93. The Morgan fingerprint density at radius 1 is 1.39 bits per heavy atom. The molecule has 1 unspecified atom stereocenters. The van der Waals surface area contributed by atoms with Gasteiger partial charge >= 0.3 is 0 Å². The summed E-state index contributed by atoms with van der Waals surface area (Å²) in [4.78, 5) is 10.6. The van der Waals surface area contributed by atoms with Gasteiger partial charge in [0.2, 0.25) is 5.82 Å². The molecule has 2 rings (SSSR count). The van der Waals surface area contributed by atoms with Crippen LogP contribution in [0, 0.1) is 22.7 Å². The first-order valence-electron chi connectivity index (χ1n) is 8.26. The smallest absolute Gasteiger partial charge is 0.234 e. The molecule has 0 aromatic carbocycles. The van der Waals surface area contributed by atoms with Crippen LogP contribution in [0.4, 0.5) is 5.82 Å². The predicted molar refractivity (Wildman–Crippen MR) is 94.0 cm³/mol. The van der Waals surface area contributed by atoms with Crippen molar-refractivity contribution in [1.29, 1.82) is 5.26 Å². The van der Waals surface area contributed by atoms with E-state index in [4.69, 9.17) is 5.26 Å². The highest BCUT2D eigenvalue weighted by atomic mass is 15.2. The van der Waals surface area contributed by atoms with Crippen molar-refractivity contribution >= 4 is 5.82 Å². The highest BCUT2D eigenvalue weighted by Crippen LogP contribution is 2.24. The lowest BCUT2D eigenvalue weighted by Crippen LogP contribution is -2.35. The van der Waals surface area contributed by atoms with Gasteiger partial charge in [-0.1, -0.05) is 45.9 Å². The number of nitrogens with zero attached hydrogens (tertiary/aromatic N) is 4. The number of hydrogen-bond acceptors (Lipinski definition) is 4. The summed E-state index contributed by atoms with van der Waals surface area (Å²) in [6.45, 7) is 10.5. The number of rotatable bonds is 5. The number of nitriles is 1. The Kier molecular flexibility index (Phi) is 5.54. The maximum Gasteiger partial charge on any atom is 0.234 e. The first-order chi connectivity index (χ1) is 10.9. The fraction of sp³-hybridized carbons (Fsp3) is 0.526. The van der Waals surface area contributed by atoms with Gasteiger partial charge in [-0.05, 0) is 35.8 Å². The Balaban J connectivity index is 2.20. The zero-order valence-electron chi connectivity index (χ0n) is 14.6. The molecule has 4 nitrogen and oxygen atoms in total. The summed E-state index contributed by atoms with van der Waals surface area (Å²) < 4.78 is 0. The van der Waals surface area contributed by atoms with Crippen LogP contribution >= 0.6 is 0 Å². The number of anilines is 1. The number of aromatic nitrogens is 2. The van der Waals surface area contributed by atoms with Crippen LogP contribution in [-0.2, 0) is 0 Å². The average molecular weight is 310 g/mol. The van der Waals surface area contributed by atoms with Crippen molar-refractivity contribution in [1.82, 2.24) is 9.97 Å². The van der Waals surface area contributed by atoms with Crippen LogP contribution in [0.1, 0.15) is 46.4 Å². The van der Waals surface area contributed by atoms with E-state index in [1.165, 1.54) is 12.0 Å². The molecule has 0 N–H and O–H groups in total. The van der Waals surface area contributed by atoms with Crippen molar-refractivity contribution in [3.05, 3.63) is 41.9 Å². The van der Waals surface area contributed by atoms with E-state index in [2.05, 4.69) is 60.8 Å². The van der Waals surface area contributed by atoms with Gasteiger partial charge in [0.1, 0.15) is 11.9 Å². The van der Waals surface area contributed by atoms with Gasteiger partial charge in [-0.15, -0.1) is 0 Å². The third kappa shape index (κ3) is 5.21. The zero-order valence-corrected chi connectivity index (χ0v) is 14.6. The topological polar surface area (TPSA) is 52.8 Å². The van der Waals surface area contributed by atoms with E-state index in [1.54, 1.807) is 6.20 Å². The highest BCUT2D eigenvalue weighted by molar-refractivity contribution is 5.43. The van der Waals surface area contributed by atoms with E-state index in [1.807, 2.05) is 12.1 Å². The molecule has 1 aromatic rings. The van der Waals surface area contributed by atoms with Crippen molar-refractivity contribution in [2.75, 3.05) is 18.0 Å². The van der Waals surface area contributed by atoms with E-state index in [0.717, 1.165) is 25.3 Å². The van der Waals surface area contributed by atoms with Gasteiger partial charge in [-0.2, -0.15) is 5.26 Å². The highest BCUT2D eigenvalue weighted by Gasteiger charge is 2.20. The molecule has 0 saturated carbocycles. The largest absolute Gasteiger partial charge is 0.352 e. The average Bonchev–Trinajstić information content (AvgIpc) is 2.54. The second-order valence-corrected chi connectivity index (χ2v) is 7.31. The van der Waals surface area contributed by atoms with Gasteiger partial charge in [0.25, 0.3) is 0 Å². The van der Waals surface area contributed by atoms with E-state index in [9.17, 15) is 0 Å². The van der Waals surface area contributed by atoms with Gasteiger partial charge in [0.15, 0.2) is 0 Å². The fourth-order valence-electron chi connectivity index (χ4n) is 2.72. The number of hydrogen-bond donors (Lipinski definition) is 0. The summed E-state index contributed by atoms with van der Waals surface area (Å²) in [6.07, 6.45) is 10.8. The molecule has 122 valence electrons. The van der Waals surface area contributed by atoms with Gasteiger partial charge in [-0.3, -0.25) is 0 Å². The van der Waals surface area contributed by atoms with Crippen molar-refractivity contribution in [3.8, 4) is 6.07 Å².